The largest absolute Gasteiger partial charge is 0.372 e. The van der Waals surface area contributed by atoms with Crippen molar-refractivity contribution in [3.8, 4) is 0 Å². The summed E-state index contributed by atoms with van der Waals surface area (Å²) in [6.45, 7) is 4.02. The summed E-state index contributed by atoms with van der Waals surface area (Å²) in [5.41, 5.74) is 2.79. The second-order valence-electron chi connectivity index (χ2n) is 4.85. The maximum absolute atomic E-state index is 12.5. The van der Waals surface area contributed by atoms with Crippen LogP contribution in [0.2, 0.25) is 0 Å². The molecule has 1 unspecified atom stereocenters. The number of aromatic nitrogens is 1. The van der Waals surface area contributed by atoms with Gasteiger partial charge in [-0.2, -0.15) is 0 Å². The van der Waals surface area contributed by atoms with Crippen molar-refractivity contribution in [3.63, 3.8) is 0 Å². The number of anilines is 1. The first-order valence-corrected chi connectivity index (χ1v) is 7.52. The Hall–Kier alpha value is -1.88. The smallest absolute Gasteiger partial charge is 0.255 e. The number of nitrogens with one attached hydrogen (secondary N) is 2. The molecule has 5 heteroatoms. The molecule has 21 heavy (non-hydrogen) atoms. The van der Waals surface area contributed by atoms with Gasteiger partial charge in [-0.15, -0.1) is 0 Å². The van der Waals surface area contributed by atoms with Crippen LogP contribution in [0.25, 0.3) is 0 Å². The lowest BCUT2D eigenvalue weighted by atomic mass is 10.0. The van der Waals surface area contributed by atoms with Crippen molar-refractivity contribution in [2.45, 2.75) is 19.9 Å². The van der Waals surface area contributed by atoms with E-state index in [9.17, 15) is 4.79 Å². The third kappa shape index (κ3) is 3.61. The van der Waals surface area contributed by atoms with Crippen LogP contribution in [0.3, 0.4) is 0 Å². The molecule has 1 aromatic carbocycles. The van der Waals surface area contributed by atoms with Gasteiger partial charge in [0.2, 0.25) is 0 Å². The standard InChI is InChI=1S/C16H18BrN3O/c1-10-6-4-5-7-13(10)11(2)20-16(21)14-8-12(17)9-19-15(14)18-3/h4-9,11H,1-3H3,(H,18,19)(H,20,21). The number of pyridine rings is 1. The van der Waals surface area contributed by atoms with Crippen LogP contribution in [0.4, 0.5) is 5.82 Å². The second kappa shape index (κ2) is 6.72. The lowest BCUT2D eigenvalue weighted by Crippen LogP contribution is -2.28. The van der Waals surface area contributed by atoms with Gasteiger partial charge in [0.25, 0.3) is 5.91 Å². The number of amides is 1. The summed E-state index contributed by atoms with van der Waals surface area (Å²) in [6, 6.07) is 9.73. The van der Waals surface area contributed by atoms with Crippen LogP contribution < -0.4 is 10.6 Å². The fraction of sp³-hybridized carbons (Fsp3) is 0.250. The highest BCUT2D eigenvalue weighted by Crippen LogP contribution is 2.21. The van der Waals surface area contributed by atoms with Crippen LogP contribution in [-0.4, -0.2) is 17.9 Å². The minimum absolute atomic E-state index is 0.0672. The lowest BCUT2D eigenvalue weighted by Gasteiger charge is -2.17. The molecule has 0 aliphatic rings. The average Bonchev–Trinajstić information content (AvgIpc) is 2.47. The third-order valence-corrected chi connectivity index (χ3v) is 3.77. The van der Waals surface area contributed by atoms with Crippen molar-refractivity contribution in [1.82, 2.24) is 10.3 Å². The van der Waals surface area contributed by atoms with E-state index in [0.29, 0.717) is 11.4 Å². The molecule has 1 heterocycles. The molecule has 1 aromatic heterocycles. The first-order chi connectivity index (χ1) is 10.0. The molecular weight excluding hydrogens is 330 g/mol. The molecule has 0 bridgehead atoms. The number of carbonyl (C=O) groups is 1. The van der Waals surface area contributed by atoms with E-state index in [4.69, 9.17) is 0 Å². The maximum Gasteiger partial charge on any atom is 0.255 e. The Balaban J connectivity index is 2.22. The number of benzene rings is 1. The van der Waals surface area contributed by atoms with E-state index in [1.807, 2.05) is 38.1 Å². The molecule has 2 N–H and O–H groups in total. The second-order valence-corrected chi connectivity index (χ2v) is 5.77. The first kappa shape index (κ1) is 15.5. The summed E-state index contributed by atoms with van der Waals surface area (Å²) >= 11 is 3.35. The van der Waals surface area contributed by atoms with E-state index in [1.54, 1.807) is 19.3 Å². The summed E-state index contributed by atoms with van der Waals surface area (Å²) in [4.78, 5) is 16.7. The highest BCUT2D eigenvalue weighted by Gasteiger charge is 2.16. The van der Waals surface area contributed by atoms with Crippen molar-refractivity contribution in [3.05, 3.63) is 57.7 Å². The van der Waals surface area contributed by atoms with Crippen molar-refractivity contribution in [2.75, 3.05) is 12.4 Å². The molecule has 1 atom stereocenters. The van der Waals surface area contributed by atoms with Gasteiger partial charge in [0, 0.05) is 17.7 Å². The normalized spacial score (nSPS) is 11.8. The topological polar surface area (TPSA) is 54.0 Å². The van der Waals surface area contributed by atoms with Crippen molar-refractivity contribution in [2.24, 2.45) is 0 Å². The minimum atomic E-state index is -0.149. The summed E-state index contributed by atoms with van der Waals surface area (Å²) in [6.07, 6.45) is 1.66. The monoisotopic (exact) mass is 347 g/mol. The molecule has 0 aliphatic carbocycles. The Morgan fingerprint density at radius 2 is 2.05 bits per heavy atom. The van der Waals surface area contributed by atoms with E-state index in [-0.39, 0.29) is 11.9 Å². The number of hydrogen-bond acceptors (Lipinski definition) is 3. The van der Waals surface area contributed by atoms with E-state index in [2.05, 4.69) is 31.5 Å². The fourth-order valence-corrected chi connectivity index (χ4v) is 2.57. The Morgan fingerprint density at radius 1 is 1.33 bits per heavy atom. The van der Waals surface area contributed by atoms with Crippen molar-refractivity contribution in [1.29, 1.82) is 0 Å². The molecular formula is C16H18BrN3O. The van der Waals surface area contributed by atoms with Crippen LogP contribution in [0.1, 0.15) is 34.5 Å². The lowest BCUT2D eigenvalue weighted by molar-refractivity contribution is 0.0940. The van der Waals surface area contributed by atoms with Gasteiger partial charge in [0.05, 0.1) is 11.6 Å². The maximum atomic E-state index is 12.5. The van der Waals surface area contributed by atoms with Gasteiger partial charge in [-0.1, -0.05) is 24.3 Å². The quantitative estimate of drug-likeness (QED) is 0.886. The number of nitrogens with zero attached hydrogens (tertiary/aromatic N) is 1. The van der Waals surface area contributed by atoms with Crippen LogP contribution in [0.15, 0.2) is 41.0 Å². The Bertz CT molecular complexity index is 658. The van der Waals surface area contributed by atoms with E-state index >= 15 is 0 Å². The molecule has 0 radical (unpaired) electrons. The summed E-state index contributed by atoms with van der Waals surface area (Å²) in [7, 11) is 1.75. The Kier molecular flexibility index (Phi) is 4.96. The van der Waals surface area contributed by atoms with Gasteiger partial charge >= 0.3 is 0 Å². The van der Waals surface area contributed by atoms with E-state index in [1.165, 1.54) is 0 Å². The highest BCUT2D eigenvalue weighted by molar-refractivity contribution is 9.10. The first-order valence-electron chi connectivity index (χ1n) is 6.72. The molecule has 0 fully saturated rings. The van der Waals surface area contributed by atoms with Crippen LogP contribution in [-0.2, 0) is 0 Å². The van der Waals surface area contributed by atoms with Gasteiger partial charge in [-0.25, -0.2) is 4.98 Å². The van der Waals surface area contributed by atoms with Gasteiger partial charge < -0.3 is 10.6 Å². The van der Waals surface area contributed by atoms with E-state index in [0.717, 1.165) is 15.6 Å². The number of rotatable bonds is 4. The van der Waals surface area contributed by atoms with E-state index < -0.39 is 0 Å². The zero-order chi connectivity index (χ0) is 15.4. The predicted molar refractivity (Wildman–Crippen MR) is 88.5 cm³/mol. The molecule has 0 aliphatic heterocycles. The number of aryl methyl sites for hydroxylation is 1. The molecule has 0 spiro atoms. The zero-order valence-corrected chi connectivity index (χ0v) is 13.9. The zero-order valence-electron chi connectivity index (χ0n) is 12.3. The molecule has 0 saturated heterocycles. The average molecular weight is 348 g/mol. The number of carbonyl (C=O) groups excluding carboxylic acids is 1. The molecule has 110 valence electrons. The summed E-state index contributed by atoms with van der Waals surface area (Å²) in [5, 5.41) is 5.95. The van der Waals surface area contributed by atoms with Crippen LogP contribution in [0.5, 0.6) is 0 Å². The van der Waals surface area contributed by atoms with Gasteiger partial charge in [0.1, 0.15) is 5.82 Å². The molecule has 0 saturated carbocycles. The van der Waals surface area contributed by atoms with Crippen LogP contribution >= 0.6 is 15.9 Å². The van der Waals surface area contributed by atoms with Gasteiger partial charge in [0.15, 0.2) is 0 Å². The third-order valence-electron chi connectivity index (χ3n) is 3.34. The molecule has 2 aromatic rings. The minimum Gasteiger partial charge on any atom is -0.372 e. The molecule has 4 nitrogen and oxygen atoms in total. The summed E-state index contributed by atoms with van der Waals surface area (Å²) < 4.78 is 0.773. The Labute approximate surface area is 133 Å². The van der Waals surface area contributed by atoms with Crippen molar-refractivity contribution < 1.29 is 4.79 Å². The summed E-state index contributed by atoms with van der Waals surface area (Å²) in [5.74, 6) is 0.414. The van der Waals surface area contributed by atoms with Crippen LogP contribution in [0, 0.1) is 6.92 Å². The SMILES string of the molecule is CNc1ncc(Br)cc1C(=O)NC(C)c1ccccc1C. The number of halogens is 1. The van der Waals surface area contributed by atoms with Gasteiger partial charge in [-0.05, 0) is 47.0 Å². The predicted octanol–water partition coefficient (Wildman–Crippen LogP) is 3.69. The highest BCUT2D eigenvalue weighted by atomic mass is 79.9. The van der Waals surface area contributed by atoms with Gasteiger partial charge in [-0.3, -0.25) is 4.79 Å². The number of hydrogen-bond donors (Lipinski definition) is 2. The molecule has 2 rings (SSSR count). The Morgan fingerprint density at radius 3 is 2.71 bits per heavy atom. The molecule has 1 amide bonds. The van der Waals surface area contributed by atoms with Crippen molar-refractivity contribution >= 4 is 27.7 Å². The fourth-order valence-electron chi connectivity index (χ4n) is 2.24.